The van der Waals surface area contributed by atoms with E-state index < -0.39 is 0 Å². The fourth-order valence-electron chi connectivity index (χ4n) is 5.01. The molecule has 0 spiro atoms. The maximum Gasteiger partial charge on any atom is 0.318 e. The lowest BCUT2D eigenvalue weighted by molar-refractivity contribution is 0.0980. The van der Waals surface area contributed by atoms with Crippen molar-refractivity contribution in [3.8, 4) is 6.01 Å². The Hall–Kier alpha value is -3.49. The highest BCUT2D eigenvalue weighted by atomic mass is 16.5. The van der Waals surface area contributed by atoms with Gasteiger partial charge in [-0.2, -0.15) is 15.0 Å². The normalized spacial score (nSPS) is 20.5. The number of rotatable bonds is 5. The van der Waals surface area contributed by atoms with Gasteiger partial charge in [0.15, 0.2) is 5.82 Å². The third-order valence-electron chi connectivity index (χ3n) is 6.76. The largest absolute Gasteiger partial charge is 0.467 e. The summed E-state index contributed by atoms with van der Waals surface area (Å²) in [5.74, 6) is 2.57. The first-order valence-electron chi connectivity index (χ1n) is 11.4. The molecule has 2 aromatic heterocycles. The third-order valence-corrected chi connectivity index (χ3v) is 6.76. The molecule has 1 aromatic carbocycles. The van der Waals surface area contributed by atoms with Gasteiger partial charge in [0.2, 0.25) is 5.89 Å². The predicted molar refractivity (Wildman–Crippen MR) is 122 cm³/mol. The second-order valence-electron chi connectivity index (χ2n) is 8.87. The summed E-state index contributed by atoms with van der Waals surface area (Å²) in [4.78, 5) is 27.6. The second-order valence-corrected chi connectivity index (χ2v) is 8.87. The van der Waals surface area contributed by atoms with Crippen molar-refractivity contribution >= 4 is 17.4 Å². The number of nitrogens with two attached hydrogens (primary N) is 1. The standard InChI is InChI=1S/C24H28N6O3/c1-14-26-20(33-29-14)13-15-3-5-16(6-4-15)17-7-9-18(10-8-17)30-12-11-19-21(23(30)31)22(25)28-24(27-19)32-2/h7-10,15-16H,3-6,11-13H2,1-2H3,(H2,25,27,28). The van der Waals surface area contributed by atoms with Crippen molar-refractivity contribution in [2.45, 2.75) is 51.4 Å². The monoisotopic (exact) mass is 448 g/mol. The minimum Gasteiger partial charge on any atom is -0.467 e. The molecule has 2 aliphatic rings. The second kappa shape index (κ2) is 8.80. The first-order chi connectivity index (χ1) is 16.0. The Morgan fingerprint density at radius 3 is 2.55 bits per heavy atom. The van der Waals surface area contributed by atoms with E-state index >= 15 is 0 Å². The number of fused-ring (bicyclic) bond motifs is 1. The van der Waals surface area contributed by atoms with E-state index in [1.54, 1.807) is 4.90 Å². The smallest absolute Gasteiger partial charge is 0.318 e. The zero-order valence-electron chi connectivity index (χ0n) is 19.0. The van der Waals surface area contributed by atoms with Gasteiger partial charge in [0.25, 0.3) is 5.91 Å². The van der Waals surface area contributed by atoms with E-state index in [1.807, 2.05) is 19.1 Å². The minimum absolute atomic E-state index is 0.163. The summed E-state index contributed by atoms with van der Waals surface area (Å²) in [6.45, 7) is 2.40. The van der Waals surface area contributed by atoms with E-state index in [-0.39, 0.29) is 17.7 Å². The van der Waals surface area contributed by atoms with Gasteiger partial charge in [-0.1, -0.05) is 17.3 Å². The number of carbonyl (C=O) groups excluding carboxylic acids is 1. The lowest BCUT2D eigenvalue weighted by atomic mass is 9.77. The zero-order valence-corrected chi connectivity index (χ0v) is 19.0. The van der Waals surface area contributed by atoms with Crippen LogP contribution >= 0.6 is 0 Å². The van der Waals surface area contributed by atoms with Gasteiger partial charge in [-0.15, -0.1) is 0 Å². The zero-order chi connectivity index (χ0) is 22.9. The molecule has 0 bridgehead atoms. The molecule has 9 nitrogen and oxygen atoms in total. The van der Waals surface area contributed by atoms with Crippen molar-refractivity contribution in [2.75, 3.05) is 24.3 Å². The summed E-state index contributed by atoms with van der Waals surface area (Å²) in [5.41, 5.74) is 9.25. The Balaban J connectivity index is 1.23. The highest BCUT2D eigenvalue weighted by molar-refractivity contribution is 6.10. The molecule has 0 atom stereocenters. The molecular formula is C24H28N6O3. The maximum atomic E-state index is 13.1. The van der Waals surface area contributed by atoms with Crippen LogP contribution in [0.25, 0.3) is 0 Å². The van der Waals surface area contributed by atoms with Crippen LogP contribution in [-0.2, 0) is 12.8 Å². The van der Waals surface area contributed by atoms with E-state index in [9.17, 15) is 4.79 Å². The number of anilines is 2. The summed E-state index contributed by atoms with van der Waals surface area (Å²) in [5, 5.41) is 3.89. The molecule has 0 radical (unpaired) electrons. The molecule has 3 heterocycles. The van der Waals surface area contributed by atoms with Crippen LogP contribution in [0.4, 0.5) is 11.5 Å². The van der Waals surface area contributed by atoms with E-state index in [0.717, 1.165) is 43.7 Å². The summed E-state index contributed by atoms with van der Waals surface area (Å²) in [6.07, 6.45) is 6.06. The van der Waals surface area contributed by atoms with Crippen LogP contribution in [0.5, 0.6) is 6.01 Å². The maximum absolute atomic E-state index is 13.1. The quantitative estimate of drug-likeness (QED) is 0.630. The van der Waals surface area contributed by atoms with Gasteiger partial charge in [0.05, 0.1) is 12.8 Å². The minimum atomic E-state index is -0.166. The average molecular weight is 449 g/mol. The Labute approximate surface area is 192 Å². The number of ether oxygens (including phenoxy) is 1. The predicted octanol–water partition coefficient (Wildman–Crippen LogP) is 3.48. The number of benzene rings is 1. The molecule has 2 N–H and O–H groups in total. The molecule has 1 fully saturated rings. The van der Waals surface area contributed by atoms with Crippen LogP contribution in [0.15, 0.2) is 28.8 Å². The number of aryl methyl sites for hydroxylation is 1. The molecule has 1 aliphatic carbocycles. The molecule has 9 heteroatoms. The van der Waals surface area contributed by atoms with E-state index in [4.69, 9.17) is 15.0 Å². The number of nitrogen functional groups attached to an aromatic ring is 1. The van der Waals surface area contributed by atoms with E-state index in [1.165, 1.54) is 12.7 Å². The van der Waals surface area contributed by atoms with Crippen LogP contribution in [0.3, 0.4) is 0 Å². The lowest BCUT2D eigenvalue weighted by Gasteiger charge is -2.30. The molecular weight excluding hydrogens is 420 g/mol. The highest BCUT2D eigenvalue weighted by Crippen LogP contribution is 2.38. The Bertz CT molecular complexity index is 1150. The first kappa shape index (κ1) is 21.4. The molecule has 1 saturated carbocycles. The van der Waals surface area contributed by atoms with Crippen molar-refractivity contribution in [2.24, 2.45) is 5.92 Å². The Morgan fingerprint density at radius 1 is 1.12 bits per heavy atom. The molecule has 33 heavy (non-hydrogen) atoms. The van der Waals surface area contributed by atoms with Crippen LogP contribution in [0.2, 0.25) is 0 Å². The average Bonchev–Trinajstić information content (AvgIpc) is 3.24. The summed E-state index contributed by atoms with van der Waals surface area (Å²) >= 11 is 0. The first-order valence-corrected chi connectivity index (χ1v) is 11.4. The number of amides is 1. The highest BCUT2D eigenvalue weighted by Gasteiger charge is 2.31. The summed E-state index contributed by atoms with van der Waals surface area (Å²) in [7, 11) is 1.49. The number of carbonyl (C=O) groups is 1. The van der Waals surface area contributed by atoms with Crippen molar-refractivity contribution in [3.05, 3.63) is 52.8 Å². The van der Waals surface area contributed by atoms with Gasteiger partial charge in [0.1, 0.15) is 11.4 Å². The van der Waals surface area contributed by atoms with Crippen LogP contribution in [0.1, 0.15) is 64.9 Å². The Morgan fingerprint density at radius 2 is 1.88 bits per heavy atom. The van der Waals surface area contributed by atoms with Gasteiger partial charge in [0, 0.05) is 25.1 Å². The number of aromatic nitrogens is 4. The SMILES string of the molecule is COc1nc(N)c2c(n1)CCN(c1ccc(C3CCC(Cc4nc(C)no4)CC3)cc1)C2=O. The topological polar surface area (TPSA) is 120 Å². The number of methoxy groups -OCH3 is 1. The molecule has 0 saturated heterocycles. The lowest BCUT2D eigenvalue weighted by Crippen LogP contribution is -2.39. The van der Waals surface area contributed by atoms with Gasteiger partial charge >= 0.3 is 6.01 Å². The van der Waals surface area contributed by atoms with Gasteiger partial charge < -0.3 is 19.9 Å². The van der Waals surface area contributed by atoms with E-state index in [2.05, 4.69) is 32.2 Å². The fourth-order valence-corrected chi connectivity index (χ4v) is 5.01. The fraction of sp³-hybridized carbons (Fsp3) is 0.458. The molecule has 172 valence electrons. The van der Waals surface area contributed by atoms with Crippen LogP contribution in [0, 0.1) is 12.8 Å². The molecule has 3 aromatic rings. The van der Waals surface area contributed by atoms with Gasteiger partial charge in [-0.3, -0.25) is 4.79 Å². The van der Waals surface area contributed by atoms with E-state index in [0.29, 0.717) is 41.9 Å². The third kappa shape index (κ3) is 4.27. The number of nitrogens with zero attached hydrogens (tertiary/aromatic N) is 5. The molecule has 0 unspecified atom stereocenters. The molecule has 5 rings (SSSR count). The van der Waals surface area contributed by atoms with Crippen LogP contribution < -0.4 is 15.4 Å². The van der Waals surface area contributed by atoms with Crippen molar-refractivity contribution in [3.63, 3.8) is 0 Å². The van der Waals surface area contributed by atoms with Crippen molar-refractivity contribution < 1.29 is 14.1 Å². The molecule has 1 amide bonds. The molecule has 1 aliphatic heterocycles. The van der Waals surface area contributed by atoms with Crippen molar-refractivity contribution in [1.82, 2.24) is 20.1 Å². The number of hydrogen-bond acceptors (Lipinski definition) is 8. The van der Waals surface area contributed by atoms with Gasteiger partial charge in [-0.05, 0) is 62.1 Å². The van der Waals surface area contributed by atoms with Gasteiger partial charge in [-0.25, -0.2) is 0 Å². The number of hydrogen-bond donors (Lipinski definition) is 1. The summed E-state index contributed by atoms with van der Waals surface area (Å²) in [6, 6.07) is 8.56. The summed E-state index contributed by atoms with van der Waals surface area (Å²) < 4.78 is 10.4. The van der Waals surface area contributed by atoms with Crippen LogP contribution in [-0.4, -0.2) is 39.7 Å². The Kier molecular flexibility index (Phi) is 5.70. The van der Waals surface area contributed by atoms with Crippen molar-refractivity contribution in [1.29, 1.82) is 0 Å².